The molecular weight excluding hydrogens is 496 g/mol. The molecule has 9 heteroatoms. The lowest BCUT2D eigenvalue weighted by atomic mass is 9.95. The first kappa shape index (κ1) is 25.0. The summed E-state index contributed by atoms with van der Waals surface area (Å²) in [7, 11) is -3.92. The number of piperidine rings is 1. The molecule has 4 heterocycles. The third-order valence-electron chi connectivity index (χ3n) is 7.38. The standard InChI is InChI=1S/C27H31ClN4O3S/c1-20-6-4-8-23(28)27(20)36(34,35)32-17-16-30-14-5-9-24(30)25(32)19-26(33)31-15-3-2-7-22(31)18-21-10-12-29-13-11-21/h4-6,8-14,22,25H,2-3,7,15-19H2,1H3. The number of halogens is 1. The summed E-state index contributed by atoms with van der Waals surface area (Å²) < 4.78 is 31.4. The van der Waals surface area contributed by atoms with Crippen LogP contribution in [0, 0.1) is 6.92 Å². The molecule has 3 aromatic rings. The molecule has 2 aromatic heterocycles. The van der Waals surface area contributed by atoms with E-state index in [0.717, 1.165) is 36.9 Å². The minimum absolute atomic E-state index is 0.00973. The Morgan fingerprint density at radius 1 is 1.06 bits per heavy atom. The molecule has 0 spiro atoms. The minimum atomic E-state index is -3.92. The summed E-state index contributed by atoms with van der Waals surface area (Å²) in [5.41, 5.74) is 2.59. The summed E-state index contributed by atoms with van der Waals surface area (Å²) in [6, 6.07) is 12.4. The first-order valence-electron chi connectivity index (χ1n) is 12.5. The number of aryl methyl sites for hydroxylation is 1. The first-order valence-corrected chi connectivity index (χ1v) is 14.3. The molecule has 5 rings (SSSR count). The zero-order valence-corrected chi connectivity index (χ0v) is 22.0. The van der Waals surface area contributed by atoms with Crippen LogP contribution >= 0.6 is 11.6 Å². The predicted molar refractivity (Wildman–Crippen MR) is 139 cm³/mol. The van der Waals surface area contributed by atoms with Gasteiger partial charge >= 0.3 is 0 Å². The van der Waals surface area contributed by atoms with Crippen molar-refractivity contribution in [1.29, 1.82) is 0 Å². The highest BCUT2D eigenvalue weighted by atomic mass is 35.5. The number of hydrogen-bond donors (Lipinski definition) is 0. The summed E-state index contributed by atoms with van der Waals surface area (Å²) in [5, 5.41) is 0.203. The van der Waals surface area contributed by atoms with Crippen LogP contribution in [0.1, 0.15) is 48.5 Å². The fourth-order valence-corrected chi connectivity index (χ4v) is 7.99. The van der Waals surface area contributed by atoms with Gasteiger partial charge in [0.05, 0.1) is 11.1 Å². The molecule has 0 aliphatic carbocycles. The largest absolute Gasteiger partial charge is 0.349 e. The lowest BCUT2D eigenvalue weighted by Gasteiger charge is -2.40. The van der Waals surface area contributed by atoms with Crippen molar-refractivity contribution >= 4 is 27.5 Å². The minimum Gasteiger partial charge on any atom is -0.349 e. The number of amides is 1. The van der Waals surface area contributed by atoms with Crippen molar-refractivity contribution in [2.24, 2.45) is 0 Å². The highest BCUT2D eigenvalue weighted by Crippen LogP contribution is 2.38. The Hall–Kier alpha value is -2.68. The van der Waals surface area contributed by atoms with Crippen LogP contribution in [0.5, 0.6) is 0 Å². The number of carbonyl (C=O) groups is 1. The van der Waals surface area contributed by atoms with Gasteiger partial charge < -0.3 is 9.47 Å². The second-order valence-corrected chi connectivity index (χ2v) is 11.9. The zero-order chi connectivity index (χ0) is 25.3. The molecule has 2 aliphatic heterocycles. The van der Waals surface area contributed by atoms with E-state index >= 15 is 0 Å². The number of benzene rings is 1. The molecule has 0 radical (unpaired) electrons. The summed E-state index contributed by atoms with van der Waals surface area (Å²) >= 11 is 6.39. The van der Waals surface area contributed by atoms with Crippen molar-refractivity contribution < 1.29 is 13.2 Å². The van der Waals surface area contributed by atoms with Crippen LogP contribution in [0.3, 0.4) is 0 Å². The summed E-state index contributed by atoms with van der Waals surface area (Å²) in [5.74, 6) is -0.00973. The zero-order valence-electron chi connectivity index (χ0n) is 20.4. The van der Waals surface area contributed by atoms with Gasteiger partial charge in [-0.3, -0.25) is 9.78 Å². The summed E-state index contributed by atoms with van der Waals surface area (Å²) in [6.07, 6.45) is 9.36. The molecule has 7 nitrogen and oxygen atoms in total. The van der Waals surface area contributed by atoms with Gasteiger partial charge in [0.2, 0.25) is 15.9 Å². The number of carbonyl (C=O) groups excluding carboxylic acids is 1. The maximum atomic E-state index is 13.9. The number of sulfonamides is 1. The normalized spacial score (nSPS) is 20.8. The molecule has 0 N–H and O–H groups in total. The molecule has 1 fully saturated rings. The highest BCUT2D eigenvalue weighted by Gasteiger charge is 2.40. The van der Waals surface area contributed by atoms with Crippen molar-refractivity contribution in [3.63, 3.8) is 0 Å². The van der Waals surface area contributed by atoms with E-state index in [2.05, 4.69) is 4.98 Å². The lowest BCUT2D eigenvalue weighted by Crippen LogP contribution is -2.48. The topological polar surface area (TPSA) is 75.5 Å². The van der Waals surface area contributed by atoms with Gasteiger partial charge in [-0.15, -0.1) is 0 Å². The molecule has 2 aliphatic rings. The van der Waals surface area contributed by atoms with Crippen LogP contribution in [0.2, 0.25) is 5.02 Å². The Morgan fingerprint density at radius 3 is 2.64 bits per heavy atom. The second-order valence-electron chi connectivity index (χ2n) is 9.64. The van der Waals surface area contributed by atoms with E-state index in [0.29, 0.717) is 18.7 Å². The lowest BCUT2D eigenvalue weighted by molar-refractivity contribution is -0.136. The van der Waals surface area contributed by atoms with Crippen LogP contribution in [0.4, 0.5) is 0 Å². The fourth-order valence-electron chi connectivity index (χ4n) is 5.61. The van der Waals surface area contributed by atoms with E-state index in [1.54, 1.807) is 37.5 Å². The third-order valence-corrected chi connectivity index (χ3v) is 9.92. The van der Waals surface area contributed by atoms with Crippen molar-refractivity contribution in [3.8, 4) is 0 Å². The van der Waals surface area contributed by atoms with Gasteiger partial charge in [0.25, 0.3) is 0 Å². The van der Waals surface area contributed by atoms with Crippen molar-refractivity contribution in [1.82, 2.24) is 18.8 Å². The van der Waals surface area contributed by atoms with Gasteiger partial charge in [-0.25, -0.2) is 8.42 Å². The van der Waals surface area contributed by atoms with E-state index in [4.69, 9.17) is 11.6 Å². The van der Waals surface area contributed by atoms with Crippen LogP contribution < -0.4 is 0 Å². The number of pyridine rings is 1. The van der Waals surface area contributed by atoms with Gasteiger partial charge in [0, 0.05) is 56.4 Å². The van der Waals surface area contributed by atoms with Gasteiger partial charge in [0.15, 0.2) is 0 Å². The maximum Gasteiger partial charge on any atom is 0.245 e. The van der Waals surface area contributed by atoms with Crippen LogP contribution in [-0.2, 0) is 27.8 Å². The number of rotatable bonds is 6. The molecule has 1 amide bonds. The van der Waals surface area contributed by atoms with Crippen molar-refractivity contribution in [2.45, 2.75) is 62.6 Å². The Bertz CT molecular complexity index is 1320. The van der Waals surface area contributed by atoms with Gasteiger partial charge in [0.1, 0.15) is 4.90 Å². The Morgan fingerprint density at radius 2 is 1.86 bits per heavy atom. The molecule has 1 aromatic carbocycles. The van der Waals surface area contributed by atoms with Crippen LogP contribution in [0.25, 0.3) is 0 Å². The van der Waals surface area contributed by atoms with E-state index in [9.17, 15) is 13.2 Å². The Kier molecular flexibility index (Phi) is 7.19. The summed E-state index contributed by atoms with van der Waals surface area (Å²) in [4.78, 5) is 20.0. The molecule has 2 atom stereocenters. The van der Waals surface area contributed by atoms with Crippen LogP contribution in [-0.4, -0.2) is 52.2 Å². The molecule has 2 unspecified atom stereocenters. The third kappa shape index (κ3) is 4.82. The van der Waals surface area contributed by atoms with Crippen molar-refractivity contribution in [2.75, 3.05) is 13.1 Å². The van der Waals surface area contributed by atoms with E-state index in [1.165, 1.54) is 4.31 Å². The average Bonchev–Trinajstić information content (AvgIpc) is 3.34. The van der Waals surface area contributed by atoms with Crippen LogP contribution in [0.15, 0.2) is 66.0 Å². The highest BCUT2D eigenvalue weighted by molar-refractivity contribution is 7.89. The maximum absolute atomic E-state index is 13.9. The van der Waals surface area contributed by atoms with E-state index in [-0.39, 0.29) is 34.8 Å². The van der Waals surface area contributed by atoms with Crippen molar-refractivity contribution in [3.05, 3.63) is 82.9 Å². The number of aromatic nitrogens is 2. The Balaban J connectivity index is 1.45. The summed E-state index contributed by atoms with van der Waals surface area (Å²) in [6.45, 7) is 3.26. The fraction of sp³-hybridized carbons (Fsp3) is 0.407. The molecule has 0 bridgehead atoms. The predicted octanol–water partition coefficient (Wildman–Crippen LogP) is 4.60. The second kappa shape index (κ2) is 10.4. The molecule has 190 valence electrons. The Labute approximate surface area is 217 Å². The number of nitrogens with zero attached hydrogens (tertiary/aromatic N) is 4. The van der Waals surface area contributed by atoms with Gasteiger partial charge in [-0.05, 0) is 74.1 Å². The van der Waals surface area contributed by atoms with Gasteiger partial charge in [-0.2, -0.15) is 4.31 Å². The van der Waals surface area contributed by atoms with E-state index < -0.39 is 16.1 Å². The quantitative estimate of drug-likeness (QED) is 0.470. The number of fused-ring (bicyclic) bond motifs is 1. The molecular formula is C27H31ClN4O3S. The first-order chi connectivity index (χ1) is 17.4. The van der Waals surface area contributed by atoms with Gasteiger partial charge in [-0.1, -0.05) is 23.7 Å². The molecule has 0 saturated carbocycles. The SMILES string of the molecule is Cc1cccc(Cl)c1S(=O)(=O)N1CCn2cccc2C1CC(=O)N1CCCCC1Cc1ccncc1. The molecule has 1 saturated heterocycles. The average molecular weight is 527 g/mol. The smallest absolute Gasteiger partial charge is 0.245 e. The monoisotopic (exact) mass is 526 g/mol. The van der Waals surface area contributed by atoms with E-state index in [1.807, 2.05) is 39.9 Å². The number of hydrogen-bond acceptors (Lipinski definition) is 4. The number of likely N-dealkylation sites (tertiary alicyclic amines) is 1. The molecule has 36 heavy (non-hydrogen) atoms.